The molecule has 22 heavy (non-hydrogen) atoms. The Morgan fingerprint density at radius 1 is 1.18 bits per heavy atom. The van der Waals surface area contributed by atoms with Crippen LogP contribution in [0.1, 0.15) is 20.8 Å². The van der Waals surface area contributed by atoms with Crippen LogP contribution in [0.4, 0.5) is 5.69 Å². The summed E-state index contributed by atoms with van der Waals surface area (Å²) in [6.45, 7) is 0. The highest BCUT2D eigenvalue weighted by Gasteiger charge is 2.17. The molecule has 0 saturated carbocycles. The molecule has 8 nitrogen and oxygen atoms in total. The van der Waals surface area contributed by atoms with E-state index in [-0.39, 0.29) is 11.4 Å². The smallest absolute Gasteiger partial charge is 0.269 e. The van der Waals surface area contributed by atoms with E-state index in [0.717, 1.165) is 0 Å². The number of ether oxygens (including phenoxy) is 2. The van der Waals surface area contributed by atoms with Crippen LogP contribution in [-0.4, -0.2) is 35.8 Å². The summed E-state index contributed by atoms with van der Waals surface area (Å²) in [5, 5.41) is 6.50. The SMILES string of the molecule is COc1cc(OC)cc(C(=O)Nc2cnn(C)c2C(N)=O)c1. The summed E-state index contributed by atoms with van der Waals surface area (Å²) in [4.78, 5) is 23.7. The first-order chi connectivity index (χ1) is 10.5. The van der Waals surface area contributed by atoms with Crippen molar-refractivity contribution in [1.29, 1.82) is 0 Å². The number of anilines is 1. The number of hydrogen-bond donors (Lipinski definition) is 2. The average molecular weight is 304 g/mol. The van der Waals surface area contributed by atoms with Crippen molar-refractivity contribution in [2.45, 2.75) is 0 Å². The van der Waals surface area contributed by atoms with Gasteiger partial charge in [0.1, 0.15) is 17.2 Å². The van der Waals surface area contributed by atoms with E-state index in [1.165, 1.54) is 25.1 Å². The van der Waals surface area contributed by atoms with Crippen LogP contribution >= 0.6 is 0 Å². The number of nitrogens with zero attached hydrogens (tertiary/aromatic N) is 2. The summed E-state index contributed by atoms with van der Waals surface area (Å²) in [6, 6.07) is 4.76. The molecule has 1 aromatic heterocycles. The summed E-state index contributed by atoms with van der Waals surface area (Å²) >= 11 is 0. The van der Waals surface area contributed by atoms with Gasteiger partial charge in [0.05, 0.1) is 26.1 Å². The molecule has 3 N–H and O–H groups in total. The molecule has 0 bridgehead atoms. The standard InChI is InChI=1S/C14H16N4O4/c1-18-12(13(15)19)11(7-16-18)17-14(20)8-4-9(21-2)6-10(5-8)22-3/h4-7H,1-3H3,(H2,15,19)(H,17,20). The molecular formula is C14H16N4O4. The predicted octanol–water partition coefficient (Wildman–Crippen LogP) is 0.788. The molecule has 1 aromatic carbocycles. The normalized spacial score (nSPS) is 10.1. The van der Waals surface area contributed by atoms with Crippen LogP contribution in [0, 0.1) is 0 Å². The van der Waals surface area contributed by atoms with E-state index >= 15 is 0 Å². The van der Waals surface area contributed by atoms with Crippen LogP contribution in [0.15, 0.2) is 24.4 Å². The first-order valence-corrected chi connectivity index (χ1v) is 6.32. The first-order valence-electron chi connectivity index (χ1n) is 6.32. The number of carbonyl (C=O) groups is 2. The second-order valence-electron chi connectivity index (χ2n) is 4.45. The van der Waals surface area contributed by atoms with E-state index in [4.69, 9.17) is 15.2 Å². The second kappa shape index (κ2) is 6.17. The number of aromatic nitrogens is 2. The van der Waals surface area contributed by atoms with Crippen LogP contribution in [0.25, 0.3) is 0 Å². The number of primary amides is 1. The topological polar surface area (TPSA) is 108 Å². The van der Waals surface area contributed by atoms with Crippen LogP contribution < -0.4 is 20.5 Å². The summed E-state index contributed by atoms with van der Waals surface area (Å²) in [7, 11) is 4.54. The van der Waals surface area contributed by atoms with Gasteiger partial charge in [0.15, 0.2) is 0 Å². The molecule has 0 saturated heterocycles. The minimum atomic E-state index is -0.682. The van der Waals surface area contributed by atoms with Crippen molar-refractivity contribution in [2.24, 2.45) is 12.8 Å². The summed E-state index contributed by atoms with van der Waals surface area (Å²) in [6.07, 6.45) is 1.36. The van der Waals surface area contributed by atoms with Crippen LogP contribution in [0.2, 0.25) is 0 Å². The Bertz CT molecular complexity index is 701. The number of amides is 2. The van der Waals surface area contributed by atoms with Gasteiger partial charge in [0, 0.05) is 18.7 Å². The van der Waals surface area contributed by atoms with Gasteiger partial charge in [0.25, 0.3) is 11.8 Å². The lowest BCUT2D eigenvalue weighted by Gasteiger charge is -2.09. The third kappa shape index (κ3) is 3.00. The third-order valence-electron chi connectivity index (χ3n) is 3.03. The molecule has 0 unspecified atom stereocenters. The van der Waals surface area contributed by atoms with Crippen molar-refractivity contribution in [3.63, 3.8) is 0 Å². The van der Waals surface area contributed by atoms with Gasteiger partial charge >= 0.3 is 0 Å². The zero-order chi connectivity index (χ0) is 16.3. The Morgan fingerprint density at radius 2 is 1.77 bits per heavy atom. The highest BCUT2D eigenvalue weighted by atomic mass is 16.5. The van der Waals surface area contributed by atoms with Crippen molar-refractivity contribution in [3.05, 3.63) is 35.7 Å². The van der Waals surface area contributed by atoms with Gasteiger partial charge in [-0.25, -0.2) is 0 Å². The number of rotatable bonds is 5. The minimum Gasteiger partial charge on any atom is -0.497 e. The van der Waals surface area contributed by atoms with Gasteiger partial charge < -0.3 is 20.5 Å². The summed E-state index contributed by atoms with van der Waals surface area (Å²) < 4.78 is 11.5. The molecule has 0 spiro atoms. The fraction of sp³-hybridized carbons (Fsp3) is 0.214. The van der Waals surface area contributed by atoms with Gasteiger partial charge in [-0.2, -0.15) is 5.10 Å². The molecule has 0 radical (unpaired) electrons. The average Bonchev–Trinajstić information content (AvgIpc) is 2.87. The van der Waals surface area contributed by atoms with Crippen molar-refractivity contribution in [1.82, 2.24) is 9.78 Å². The maximum Gasteiger partial charge on any atom is 0.269 e. The van der Waals surface area contributed by atoms with E-state index in [1.807, 2.05) is 0 Å². The van der Waals surface area contributed by atoms with Crippen LogP contribution in [-0.2, 0) is 7.05 Å². The number of nitrogens with two attached hydrogens (primary N) is 1. The van der Waals surface area contributed by atoms with Gasteiger partial charge in [-0.15, -0.1) is 0 Å². The summed E-state index contributed by atoms with van der Waals surface area (Å²) in [5.41, 5.74) is 5.94. The van der Waals surface area contributed by atoms with E-state index in [9.17, 15) is 9.59 Å². The zero-order valence-corrected chi connectivity index (χ0v) is 12.4. The lowest BCUT2D eigenvalue weighted by Crippen LogP contribution is -2.20. The van der Waals surface area contributed by atoms with Crippen LogP contribution in [0.3, 0.4) is 0 Å². The molecule has 2 amide bonds. The van der Waals surface area contributed by atoms with Crippen molar-refractivity contribution in [2.75, 3.05) is 19.5 Å². The molecule has 116 valence electrons. The first kappa shape index (κ1) is 15.4. The van der Waals surface area contributed by atoms with Gasteiger partial charge in [-0.3, -0.25) is 14.3 Å². The van der Waals surface area contributed by atoms with Crippen molar-refractivity contribution < 1.29 is 19.1 Å². The molecule has 2 aromatic rings. The lowest BCUT2D eigenvalue weighted by molar-refractivity contribution is 0.0992. The Morgan fingerprint density at radius 3 is 2.27 bits per heavy atom. The lowest BCUT2D eigenvalue weighted by atomic mass is 10.2. The Labute approximate surface area is 126 Å². The molecule has 0 aliphatic rings. The summed E-state index contributed by atoms with van der Waals surface area (Å²) in [5.74, 6) is -0.164. The van der Waals surface area contributed by atoms with E-state index < -0.39 is 11.8 Å². The number of hydrogen-bond acceptors (Lipinski definition) is 5. The number of aryl methyl sites for hydroxylation is 1. The predicted molar refractivity (Wildman–Crippen MR) is 79.2 cm³/mol. The number of carbonyl (C=O) groups excluding carboxylic acids is 2. The third-order valence-corrected chi connectivity index (χ3v) is 3.03. The Balaban J connectivity index is 2.32. The second-order valence-corrected chi connectivity index (χ2v) is 4.45. The monoisotopic (exact) mass is 304 g/mol. The quantitative estimate of drug-likeness (QED) is 0.849. The van der Waals surface area contributed by atoms with Gasteiger partial charge in [0.2, 0.25) is 0 Å². The fourth-order valence-corrected chi connectivity index (χ4v) is 1.95. The fourth-order valence-electron chi connectivity index (χ4n) is 1.95. The Hall–Kier alpha value is -3.03. The molecule has 0 atom stereocenters. The molecule has 0 fully saturated rings. The number of nitrogens with one attached hydrogen (secondary N) is 1. The van der Waals surface area contributed by atoms with Gasteiger partial charge in [-0.05, 0) is 12.1 Å². The Kier molecular flexibility index (Phi) is 4.31. The number of methoxy groups -OCH3 is 2. The zero-order valence-electron chi connectivity index (χ0n) is 12.4. The largest absolute Gasteiger partial charge is 0.497 e. The van der Waals surface area contributed by atoms with Crippen molar-refractivity contribution >= 4 is 17.5 Å². The maximum absolute atomic E-state index is 12.3. The number of benzene rings is 1. The highest BCUT2D eigenvalue weighted by molar-refractivity contribution is 6.08. The molecule has 2 rings (SSSR count). The molecule has 1 heterocycles. The van der Waals surface area contributed by atoms with Crippen molar-refractivity contribution in [3.8, 4) is 11.5 Å². The van der Waals surface area contributed by atoms with Gasteiger partial charge in [-0.1, -0.05) is 0 Å². The van der Waals surface area contributed by atoms with E-state index in [0.29, 0.717) is 17.1 Å². The molecule has 0 aliphatic heterocycles. The minimum absolute atomic E-state index is 0.114. The van der Waals surface area contributed by atoms with E-state index in [2.05, 4.69) is 10.4 Å². The maximum atomic E-state index is 12.3. The van der Waals surface area contributed by atoms with E-state index in [1.54, 1.807) is 25.2 Å². The molecule has 8 heteroatoms. The molecule has 0 aliphatic carbocycles. The van der Waals surface area contributed by atoms with Crippen LogP contribution in [0.5, 0.6) is 11.5 Å². The molecular weight excluding hydrogens is 288 g/mol. The highest BCUT2D eigenvalue weighted by Crippen LogP contribution is 2.23.